The van der Waals surface area contributed by atoms with Crippen molar-refractivity contribution in [2.45, 2.75) is 11.2 Å². The molecular weight excluding hydrogens is 276 g/mol. The summed E-state index contributed by atoms with van der Waals surface area (Å²) in [5, 5.41) is 17.6. The van der Waals surface area contributed by atoms with Crippen LogP contribution in [0.4, 0.5) is 0 Å². The number of hydrogen-bond donors (Lipinski definition) is 2. The van der Waals surface area contributed by atoms with E-state index in [9.17, 15) is 4.79 Å². The molecule has 104 valence electrons. The Labute approximate surface area is 121 Å². The zero-order chi connectivity index (χ0) is 14.5. The number of thioether (sulfide) groups is 1. The molecule has 0 unspecified atom stereocenters. The molecule has 4 nitrogen and oxygen atoms in total. The van der Waals surface area contributed by atoms with Gasteiger partial charge in [0.15, 0.2) is 0 Å². The molecule has 0 fully saturated rings. The lowest BCUT2D eigenvalue weighted by Crippen LogP contribution is -2.19. The number of hydrogen-bond acceptors (Lipinski definition) is 5. The molecule has 0 aliphatic heterocycles. The van der Waals surface area contributed by atoms with E-state index in [2.05, 4.69) is 0 Å². The number of aliphatic hydroxyl groups is 2. The predicted octanol–water partition coefficient (Wildman–Crippen LogP) is 2.69. The summed E-state index contributed by atoms with van der Waals surface area (Å²) in [7, 11) is 0. The molecule has 0 aliphatic rings. The fourth-order valence-corrected chi connectivity index (χ4v) is 2.02. The van der Waals surface area contributed by atoms with Crippen LogP contribution in [-0.2, 0) is 0 Å². The maximum atomic E-state index is 11.3. The second-order valence-corrected chi connectivity index (χ2v) is 4.92. The molecule has 2 N–H and O–H groups in total. The van der Waals surface area contributed by atoms with Gasteiger partial charge in [-0.15, -0.1) is 11.8 Å². The van der Waals surface area contributed by atoms with E-state index >= 15 is 0 Å². The van der Waals surface area contributed by atoms with Gasteiger partial charge >= 0.3 is 0 Å². The molecule has 5 heteroatoms. The van der Waals surface area contributed by atoms with Crippen LogP contribution in [0.25, 0.3) is 0 Å². The minimum atomic E-state index is -1.99. The Kier molecular flexibility index (Phi) is 4.79. The molecule has 20 heavy (non-hydrogen) atoms. The average Bonchev–Trinajstić information content (AvgIpc) is 2.48. The highest BCUT2D eigenvalue weighted by atomic mass is 32.2. The van der Waals surface area contributed by atoms with E-state index in [0.717, 1.165) is 4.90 Å². The Bertz CT molecular complexity index is 576. The summed E-state index contributed by atoms with van der Waals surface area (Å²) in [5.74, 6) is 0.538. The van der Waals surface area contributed by atoms with Crippen LogP contribution in [0.3, 0.4) is 0 Å². The maximum Gasteiger partial charge on any atom is 0.218 e. The molecule has 0 amide bonds. The summed E-state index contributed by atoms with van der Waals surface area (Å²) in [6.07, 6.45) is 0.0159. The first-order valence-electron chi connectivity index (χ1n) is 5.92. The van der Waals surface area contributed by atoms with Crippen molar-refractivity contribution in [3.8, 4) is 11.5 Å². The van der Waals surface area contributed by atoms with Crippen LogP contribution in [0.5, 0.6) is 11.5 Å². The lowest BCUT2D eigenvalue weighted by molar-refractivity contribution is -0.0195. The van der Waals surface area contributed by atoms with Crippen LogP contribution in [-0.4, -0.2) is 28.5 Å². The van der Waals surface area contributed by atoms with E-state index in [-0.39, 0.29) is 5.56 Å². The smallest absolute Gasteiger partial charge is 0.218 e. The van der Waals surface area contributed by atoms with Crippen molar-refractivity contribution in [2.75, 3.05) is 6.26 Å². The number of ether oxygens (including phenoxy) is 1. The quantitative estimate of drug-likeness (QED) is 0.503. The van der Waals surface area contributed by atoms with Crippen molar-refractivity contribution >= 4 is 17.5 Å². The largest absolute Gasteiger partial charge is 0.457 e. The van der Waals surface area contributed by atoms with Crippen LogP contribution >= 0.6 is 11.8 Å². The third-order valence-electron chi connectivity index (χ3n) is 2.67. The molecule has 0 radical (unpaired) electrons. The maximum absolute atomic E-state index is 11.3. The number of ketones is 1. The van der Waals surface area contributed by atoms with Gasteiger partial charge in [0.25, 0.3) is 0 Å². The van der Waals surface area contributed by atoms with E-state index in [1.54, 1.807) is 23.9 Å². The highest BCUT2D eigenvalue weighted by Gasteiger charge is 2.13. The Morgan fingerprint density at radius 3 is 1.95 bits per heavy atom. The first kappa shape index (κ1) is 14.6. The van der Waals surface area contributed by atoms with Gasteiger partial charge in [0, 0.05) is 10.5 Å². The van der Waals surface area contributed by atoms with E-state index in [0.29, 0.717) is 11.5 Å². The van der Waals surface area contributed by atoms with E-state index in [1.807, 2.05) is 30.5 Å². The molecule has 0 saturated heterocycles. The summed E-state index contributed by atoms with van der Waals surface area (Å²) in [6.45, 7) is 0. The van der Waals surface area contributed by atoms with Gasteiger partial charge in [-0.1, -0.05) is 0 Å². The minimum Gasteiger partial charge on any atom is -0.457 e. The third-order valence-corrected chi connectivity index (χ3v) is 3.41. The first-order chi connectivity index (χ1) is 9.60. The van der Waals surface area contributed by atoms with Crippen LogP contribution in [0.1, 0.15) is 10.4 Å². The zero-order valence-corrected chi connectivity index (χ0v) is 11.6. The normalized spacial score (nSPS) is 10.6. The van der Waals surface area contributed by atoms with Crippen molar-refractivity contribution in [3.05, 3.63) is 54.1 Å². The standard InChI is InChI=1S/C15H14O4S/c1-20-13-8-6-12(7-9-13)19-11-4-2-10(3-5-11)14(16)15(17)18/h2-9,15,17-18H,1H3. The number of aliphatic hydroxyl groups excluding tert-OH is 1. The Hall–Kier alpha value is -1.82. The fourth-order valence-electron chi connectivity index (χ4n) is 1.62. The zero-order valence-electron chi connectivity index (χ0n) is 10.8. The molecule has 0 heterocycles. The van der Waals surface area contributed by atoms with E-state index < -0.39 is 12.1 Å². The van der Waals surface area contributed by atoms with Gasteiger partial charge in [-0.25, -0.2) is 0 Å². The highest BCUT2D eigenvalue weighted by molar-refractivity contribution is 7.98. The predicted molar refractivity (Wildman–Crippen MR) is 77.3 cm³/mol. The lowest BCUT2D eigenvalue weighted by atomic mass is 10.1. The second kappa shape index (κ2) is 6.56. The van der Waals surface area contributed by atoms with Gasteiger partial charge in [-0.2, -0.15) is 0 Å². The molecule has 0 atom stereocenters. The SMILES string of the molecule is CSc1ccc(Oc2ccc(C(=O)C(O)O)cc2)cc1. The number of benzene rings is 2. The second-order valence-electron chi connectivity index (χ2n) is 4.04. The van der Waals surface area contributed by atoms with Gasteiger partial charge in [0.05, 0.1) is 0 Å². The minimum absolute atomic E-state index is 0.227. The number of rotatable bonds is 5. The summed E-state index contributed by atoms with van der Waals surface area (Å²) in [6, 6.07) is 13.8. The van der Waals surface area contributed by atoms with Crippen LogP contribution in [0, 0.1) is 0 Å². The Morgan fingerprint density at radius 1 is 1.00 bits per heavy atom. The van der Waals surface area contributed by atoms with Gasteiger partial charge in [0.2, 0.25) is 12.1 Å². The molecular formula is C15H14O4S. The summed E-state index contributed by atoms with van der Waals surface area (Å²) < 4.78 is 5.63. The van der Waals surface area contributed by atoms with Crippen LogP contribution in [0.15, 0.2) is 53.4 Å². The van der Waals surface area contributed by atoms with E-state index in [1.165, 1.54) is 12.1 Å². The van der Waals surface area contributed by atoms with Gasteiger partial charge < -0.3 is 14.9 Å². The van der Waals surface area contributed by atoms with Gasteiger partial charge in [0.1, 0.15) is 11.5 Å². The van der Waals surface area contributed by atoms with Gasteiger partial charge in [-0.3, -0.25) is 4.79 Å². The van der Waals surface area contributed by atoms with Crippen LogP contribution < -0.4 is 4.74 Å². The molecule has 0 aliphatic carbocycles. The van der Waals surface area contributed by atoms with Crippen molar-refractivity contribution in [1.29, 1.82) is 0 Å². The number of carbonyl (C=O) groups is 1. The topological polar surface area (TPSA) is 66.8 Å². The fraction of sp³-hybridized carbons (Fsp3) is 0.133. The molecule has 2 rings (SSSR count). The summed E-state index contributed by atoms with van der Waals surface area (Å²) in [5.41, 5.74) is 0.227. The first-order valence-corrected chi connectivity index (χ1v) is 7.15. The molecule has 0 saturated carbocycles. The number of Topliss-reactive ketones (excluding diaryl/α,β-unsaturated/α-hetero) is 1. The Balaban J connectivity index is 2.08. The Morgan fingerprint density at radius 2 is 1.50 bits per heavy atom. The van der Waals surface area contributed by atoms with Crippen molar-refractivity contribution < 1.29 is 19.7 Å². The van der Waals surface area contributed by atoms with Crippen molar-refractivity contribution in [1.82, 2.24) is 0 Å². The third kappa shape index (κ3) is 3.60. The monoisotopic (exact) mass is 290 g/mol. The van der Waals surface area contributed by atoms with Crippen molar-refractivity contribution in [2.24, 2.45) is 0 Å². The summed E-state index contributed by atoms with van der Waals surface area (Å²) in [4.78, 5) is 12.5. The molecule has 2 aromatic carbocycles. The lowest BCUT2D eigenvalue weighted by Gasteiger charge is -2.07. The molecule has 0 bridgehead atoms. The van der Waals surface area contributed by atoms with E-state index in [4.69, 9.17) is 14.9 Å². The van der Waals surface area contributed by atoms with Crippen molar-refractivity contribution in [3.63, 3.8) is 0 Å². The molecule has 0 aromatic heterocycles. The highest BCUT2D eigenvalue weighted by Crippen LogP contribution is 2.24. The molecule has 0 spiro atoms. The number of carbonyl (C=O) groups excluding carboxylic acids is 1. The van der Waals surface area contributed by atoms with Gasteiger partial charge in [-0.05, 0) is 54.8 Å². The summed E-state index contributed by atoms with van der Waals surface area (Å²) >= 11 is 1.65. The van der Waals surface area contributed by atoms with Crippen LogP contribution in [0.2, 0.25) is 0 Å². The molecule has 2 aromatic rings. The average molecular weight is 290 g/mol.